The van der Waals surface area contributed by atoms with Crippen molar-refractivity contribution in [2.45, 2.75) is 6.54 Å². The molecule has 22 heavy (non-hydrogen) atoms. The molecule has 6 nitrogen and oxygen atoms in total. The minimum atomic E-state index is -0.401. The van der Waals surface area contributed by atoms with E-state index in [0.717, 1.165) is 16.8 Å². The van der Waals surface area contributed by atoms with Crippen LogP contribution in [-0.2, 0) is 13.6 Å². The highest BCUT2D eigenvalue weighted by Gasteiger charge is 2.07. The topological polar surface area (TPSA) is 76.3 Å². The van der Waals surface area contributed by atoms with Gasteiger partial charge in [0.15, 0.2) is 5.58 Å². The third-order valence-corrected chi connectivity index (χ3v) is 3.34. The first-order valence-corrected chi connectivity index (χ1v) is 6.82. The van der Waals surface area contributed by atoms with Gasteiger partial charge in [0.1, 0.15) is 0 Å². The van der Waals surface area contributed by atoms with Gasteiger partial charge in [0, 0.05) is 19.3 Å². The highest BCUT2D eigenvalue weighted by Crippen LogP contribution is 2.14. The molecule has 6 heteroatoms. The van der Waals surface area contributed by atoms with E-state index in [0.29, 0.717) is 12.1 Å². The Kier molecular flexibility index (Phi) is 3.65. The van der Waals surface area contributed by atoms with Gasteiger partial charge in [-0.05, 0) is 29.8 Å². The number of hydrogen-bond donors (Lipinski definition) is 2. The van der Waals surface area contributed by atoms with E-state index in [1.54, 1.807) is 19.2 Å². The van der Waals surface area contributed by atoms with Crippen LogP contribution in [0.1, 0.15) is 5.56 Å². The van der Waals surface area contributed by atoms with Gasteiger partial charge in [-0.2, -0.15) is 0 Å². The second-order valence-corrected chi connectivity index (χ2v) is 4.90. The number of aromatic nitrogens is 1. The molecule has 0 radical (unpaired) electrons. The molecule has 0 unspecified atom stereocenters. The Morgan fingerprint density at radius 2 is 1.95 bits per heavy atom. The maximum atomic E-state index is 11.8. The Labute approximate surface area is 126 Å². The van der Waals surface area contributed by atoms with Crippen molar-refractivity contribution in [1.82, 2.24) is 9.88 Å². The predicted octanol–water partition coefficient (Wildman–Crippen LogP) is 2.45. The van der Waals surface area contributed by atoms with Crippen LogP contribution in [0.25, 0.3) is 11.1 Å². The molecule has 0 spiro atoms. The number of nitrogens with zero attached hydrogens (tertiary/aromatic N) is 1. The molecule has 0 atom stereocenters. The normalized spacial score (nSPS) is 10.6. The fourth-order valence-electron chi connectivity index (χ4n) is 2.17. The molecular weight excluding hydrogens is 282 g/mol. The molecule has 112 valence electrons. The SMILES string of the molecule is Cn1c(=O)oc2cc(CNC(=O)Nc3ccccc3)ccc21. The zero-order chi connectivity index (χ0) is 15.5. The molecular formula is C16H15N3O3. The second-order valence-electron chi connectivity index (χ2n) is 4.90. The molecule has 2 amide bonds. The summed E-state index contributed by atoms with van der Waals surface area (Å²) in [5.41, 5.74) is 2.81. The first-order chi connectivity index (χ1) is 10.6. The van der Waals surface area contributed by atoms with E-state index in [1.165, 1.54) is 4.57 Å². The Bertz CT molecular complexity index is 865. The molecule has 0 bridgehead atoms. The van der Waals surface area contributed by atoms with Crippen LogP contribution in [0.15, 0.2) is 57.7 Å². The van der Waals surface area contributed by atoms with Crippen molar-refractivity contribution < 1.29 is 9.21 Å². The zero-order valence-corrected chi connectivity index (χ0v) is 12.0. The molecule has 0 aliphatic carbocycles. The standard InChI is InChI=1S/C16H15N3O3/c1-19-13-8-7-11(9-14(13)22-16(19)21)10-17-15(20)18-12-5-3-2-4-6-12/h2-9H,10H2,1H3,(H2,17,18,20). The summed E-state index contributed by atoms with van der Waals surface area (Å²) >= 11 is 0. The summed E-state index contributed by atoms with van der Waals surface area (Å²) in [4.78, 5) is 23.2. The zero-order valence-electron chi connectivity index (χ0n) is 12.0. The van der Waals surface area contributed by atoms with E-state index in [2.05, 4.69) is 10.6 Å². The number of anilines is 1. The van der Waals surface area contributed by atoms with Crippen molar-refractivity contribution in [1.29, 1.82) is 0 Å². The fraction of sp³-hybridized carbons (Fsp3) is 0.125. The number of aryl methyl sites for hydroxylation is 1. The number of amides is 2. The van der Waals surface area contributed by atoms with Gasteiger partial charge in [-0.25, -0.2) is 9.59 Å². The monoisotopic (exact) mass is 297 g/mol. The van der Waals surface area contributed by atoms with Gasteiger partial charge in [0.2, 0.25) is 0 Å². The second kappa shape index (κ2) is 5.77. The van der Waals surface area contributed by atoms with Crippen LogP contribution < -0.4 is 16.4 Å². The number of benzene rings is 2. The molecule has 0 fully saturated rings. The summed E-state index contributed by atoms with van der Waals surface area (Å²) < 4.78 is 6.56. The van der Waals surface area contributed by atoms with Gasteiger partial charge in [-0.1, -0.05) is 24.3 Å². The fourth-order valence-corrected chi connectivity index (χ4v) is 2.17. The molecule has 1 heterocycles. The van der Waals surface area contributed by atoms with Crippen LogP contribution >= 0.6 is 0 Å². The summed E-state index contributed by atoms with van der Waals surface area (Å²) in [5, 5.41) is 5.49. The van der Waals surface area contributed by atoms with Gasteiger partial charge in [0.05, 0.1) is 5.52 Å². The van der Waals surface area contributed by atoms with Crippen LogP contribution in [0.3, 0.4) is 0 Å². The molecule has 1 aromatic heterocycles. The number of hydrogen-bond acceptors (Lipinski definition) is 3. The van der Waals surface area contributed by atoms with Crippen molar-refractivity contribution in [3.05, 3.63) is 64.6 Å². The molecule has 3 aromatic rings. The number of nitrogens with one attached hydrogen (secondary N) is 2. The highest BCUT2D eigenvalue weighted by atomic mass is 16.4. The maximum absolute atomic E-state index is 11.8. The lowest BCUT2D eigenvalue weighted by Crippen LogP contribution is -2.28. The van der Waals surface area contributed by atoms with E-state index >= 15 is 0 Å². The smallest absolute Gasteiger partial charge is 0.408 e. The van der Waals surface area contributed by atoms with Crippen molar-refractivity contribution in [3.8, 4) is 0 Å². The lowest BCUT2D eigenvalue weighted by Gasteiger charge is -2.07. The molecule has 0 aliphatic rings. The number of rotatable bonds is 3. The molecule has 0 saturated heterocycles. The molecule has 0 aliphatic heterocycles. The van der Waals surface area contributed by atoms with E-state index in [9.17, 15) is 9.59 Å². The summed E-state index contributed by atoms with van der Waals surface area (Å²) in [6.45, 7) is 0.340. The average molecular weight is 297 g/mol. The third kappa shape index (κ3) is 2.85. The number of fused-ring (bicyclic) bond motifs is 1. The number of carbonyl (C=O) groups is 1. The Morgan fingerprint density at radius 1 is 1.18 bits per heavy atom. The lowest BCUT2D eigenvalue weighted by atomic mass is 10.2. The summed E-state index contributed by atoms with van der Waals surface area (Å²) in [6.07, 6.45) is 0. The van der Waals surface area contributed by atoms with Gasteiger partial charge in [-0.15, -0.1) is 0 Å². The average Bonchev–Trinajstić information content (AvgIpc) is 2.81. The molecule has 2 N–H and O–H groups in total. The molecule has 2 aromatic carbocycles. The van der Waals surface area contributed by atoms with Crippen molar-refractivity contribution in [3.63, 3.8) is 0 Å². The Morgan fingerprint density at radius 3 is 2.73 bits per heavy atom. The number of para-hydroxylation sites is 1. The van der Waals surface area contributed by atoms with Gasteiger partial charge in [-0.3, -0.25) is 4.57 Å². The van der Waals surface area contributed by atoms with E-state index in [-0.39, 0.29) is 6.03 Å². The largest absolute Gasteiger partial charge is 0.419 e. The van der Waals surface area contributed by atoms with Crippen LogP contribution in [0.2, 0.25) is 0 Å². The van der Waals surface area contributed by atoms with Gasteiger partial charge >= 0.3 is 11.8 Å². The van der Waals surface area contributed by atoms with Crippen LogP contribution in [0.5, 0.6) is 0 Å². The predicted molar refractivity (Wildman–Crippen MR) is 83.8 cm³/mol. The van der Waals surface area contributed by atoms with Gasteiger partial charge < -0.3 is 15.1 Å². The quantitative estimate of drug-likeness (QED) is 0.779. The first-order valence-electron chi connectivity index (χ1n) is 6.82. The number of oxazole rings is 1. The third-order valence-electron chi connectivity index (χ3n) is 3.34. The van der Waals surface area contributed by atoms with E-state index in [4.69, 9.17) is 4.42 Å². The summed E-state index contributed by atoms with van der Waals surface area (Å²) in [6, 6.07) is 14.3. The first kappa shape index (κ1) is 13.9. The Balaban J connectivity index is 1.66. The van der Waals surface area contributed by atoms with Crippen molar-refractivity contribution in [2.75, 3.05) is 5.32 Å². The number of carbonyl (C=O) groups excluding carboxylic acids is 1. The summed E-state index contributed by atoms with van der Waals surface area (Å²) in [7, 11) is 1.65. The van der Waals surface area contributed by atoms with Crippen LogP contribution in [-0.4, -0.2) is 10.6 Å². The minimum absolute atomic E-state index is 0.291. The summed E-state index contributed by atoms with van der Waals surface area (Å²) in [5.74, 6) is -0.401. The van der Waals surface area contributed by atoms with E-state index < -0.39 is 5.76 Å². The van der Waals surface area contributed by atoms with Crippen molar-refractivity contribution in [2.24, 2.45) is 7.05 Å². The highest BCUT2D eigenvalue weighted by molar-refractivity contribution is 5.89. The molecule has 0 saturated carbocycles. The van der Waals surface area contributed by atoms with Crippen LogP contribution in [0.4, 0.5) is 10.5 Å². The lowest BCUT2D eigenvalue weighted by molar-refractivity contribution is 0.251. The number of urea groups is 1. The maximum Gasteiger partial charge on any atom is 0.419 e. The molecule has 3 rings (SSSR count). The van der Waals surface area contributed by atoms with Crippen molar-refractivity contribution >= 4 is 22.8 Å². The van der Waals surface area contributed by atoms with Crippen LogP contribution in [0, 0.1) is 0 Å². The van der Waals surface area contributed by atoms with Gasteiger partial charge in [0.25, 0.3) is 0 Å². The Hall–Kier alpha value is -3.02. The minimum Gasteiger partial charge on any atom is -0.408 e. The van der Waals surface area contributed by atoms with E-state index in [1.807, 2.05) is 36.4 Å².